The van der Waals surface area contributed by atoms with Gasteiger partial charge in [-0.05, 0) is 30.7 Å². The van der Waals surface area contributed by atoms with Crippen LogP contribution in [0, 0.1) is 0 Å². The second-order valence-corrected chi connectivity index (χ2v) is 5.51. The molecular formula is C13H14ClNOS. The molecular weight excluding hydrogens is 254 g/mol. The van der Waals surface area contributed by atoms with Crippen molar-refractivity contribution < 1.29 is 4.79 Å². The zero-order valence-corrected chi connectivity index (χ0v) is 11.2. The Morgan fingerprint density at radius 2 is 2.06 bits per heavy atom. The van der Waals surface area contributed by atoms with E-state index in [0.29, 0.717) is 5.02 Å². The summed E-state index contributed by atoms with van der Waals surface area (Å²) in [7, 11) is 0. The molecule has 1 heterocycles. The van der Waals surface area contributed by atoms with Crippen LogP contribution in [0.15, 0.2) is 36.4 Å². The lowest BCUT2D eigenvalue weighted by Gasteiger charge is -2.31. The Labute approximate surface area is 111 Å². The number of nitrogens with zero attached hydrogens (tertiary/aromatic N) is 1. The van der Waals surface area contributed by atoms with Gasteiger partial charge in [-0.1, -0.05) is 23.8 Å². The second-order valence-electron chi connectivity index (χ2n) is 3.86. The molecule has 0 aliphatic carbocycles. The minimum atomic E-state index is 0.0696. The number of carbonyl (C=O) groups is 1. The third kappa shape index (κ3) is 3.05. The SMILES string of the molecule is CC(=O)N(c1ccc(Cl)cc1)C1CC=CCS1. The Morgan fingerprint density at radius 3 is 2.59 bits per heavy atom. The van der Waals surface area contributed by atoms with E-state index in [0.717, 1.165) is 17.9 Å². The Balaban J connectivity index is 2.25. The first-order chi connectivity index (χ1) is 8.18. The van der Waals surface area contributed by atoms with Gasteiger partial charge in [0, 0.05) is 23.4 Å². The van der Waals surface area contributed by atoms with Crippen molar-refractivity contribution in [2.45, 2.75) is 18.7 Å². The second kappa shape index (κ2) is 5.61. The summed E-state index contributed by atoms with van der Waals surface area (Å²) in [6, 6.07) is 7.41. The Morgan fingerprint density at radius 1 is 1.35 bits per heavy atom. The van der Waals surface area contributed by atoms with Crippen molar-refractivity contribution in [3.63, 3.8) is 0 Å². The monoisotopic (exact) mass is 267 g/mol. The standard InChI is InChI=1S/C13H14ClNOS/c1-10(16)15(13-4-2-3-9-17-13)12-7-5-11(14)6-8-12/h2-3,5-8,13H,4,9H2,1H3. The molecule has 0 saturated heterocycles. The van der Waals surface area contributed by atoms with E-state index in [1.165, 1.54) is 0 Å². The molecule has 0 N–H and O–H groups in total. The van der Waals surface area contributed by atoms with Crippen molar-refractivity contribution in [3.8, 4) is 0 Å². The fourth-order valence-electron chi connectivity index (χ4n) is 1.85. The van der Waals surface area contributed by atoms with Gasteiger partial charge in [0.05, 0.1) is 5.37 Å². The molecule has 0 saturated carbocycles. The highest BCUT2D eigenvalue weighted by atomic mass is 35.5. The van der Waals surface area contributed by atoms with Crippen LogP contribution >= 0.6 is 23.4 Å². The fraction of sp³-hybridized carbons (Fsp3) is 0.308. The van der Waals surface area contributed by atoms with Crippen LogP contribution in [0.1, 0.15) is 13.3 Å². The van der Waals surface area contributed by atoms with Crippen molar-refractivity contribution in [2.24, 2.45) is 0 Å². The number of benzene rings is 1. The van der Waals surface area contributed by atoms with Gasteiger partial charge in [0.1, 0.15) is 0 Å². The van der Waals surface area contributed by atoms with Crippen LogP contribution in [0.4, 0.5) is 5.69 Å². The van der Waals surface area contributed by atoms with Gasteiger partial charge in [0.15, 0.2) is 0 Å². The highest BCUT2D eigenvalue weighted by Gasteiger charge is 2.23. The zero-order valence-electron chi connectivity index (χ0n) is 9.60. The Hall–Kier alpha value is -0.930. The van der Waals surface area contributed by atoms with Gasteiger partial charge >= 0.3 is 0 Å². The minimum Gasteiger partial charge on any atom is -0.300 e. The van der Waals surface area contributed by atoms with Crippen molar-refractivity contribution in [1.29, 1.82) is 0 Å². The highest BCUT2D eigenvalue weighted by Crippen LogP contribution is 2.29. The van der Waals surface area contributed by atoms with Gasteiger partial charge in [-0.15, -0.1) is 11.8 Å². The zero-order chi connectivity index (χ0) is 12.3. The third-order valence-electron chi connectivity index (χ3n) is 2.62. The predicted molar refractivity (Wildman–Crippen MR) is 74.6 cm³/mol. The lowest BCUT2D eigenvalue weighted by atomic mass is 10.2. The Bertz CT molecular complexity index is 430. The van der Waals surface area contributed by atoms with Crippen LogP contribution in [0.3, 0.4) is 0 Å². The summed E-state index contributed by atoms with van der Waals surface area (Å²) in [4.78, 5) is 13.6. The predicted octanol–water partition coefficient (Wildman–Crippen LogP) is 3.71. The topological polar surface area (TPSA) is 20.3 Å². The number of rotatable bonds is 2. The quantitative estimate of drug-likeness (QED) is 0.762. The van der Waals surface area contributed by atoms with Crippen molar-refractivity contribution in [3.05, 3.63) is 41.4 Å². The minimum absolute atomic E-state index is 0.0696. The molecule has 0 radical (unpaired) electrons. The molecule has 0 fully saturated rings. The van der Waals surface area contributed by atoms with Crippen molar-refractivity contribution in [1.82, 2.24) is 0 Å². The maximum Gasteiger partial charge on any atom is 0.224 e. The average molecular weight is 268 g/mol. The van der Waals surface area contributed by atoms with Crippen LogP contribution in [0.5, 0.6) is 0 Å². The summed E-state index contributed by atoms with van der Waals surface area (Å²) in [6.45, 7) is 1.60. The molecule has 1 amide bonds. The van der Waals surface area contributed by atoms with Gasteiger partial charge in [0.2, 0.25) is 5.91 Å². The number of amides is 1. The largest absolute Gasteiger partial charge is 0.300 e. The number of carbonyl (C=O) groups excluding carboxylic acids is 1. The van der Waals surface area contributed by atoms with E-state index in [-0.39, 0.29) is 11.3 Å². The number of halogens is 1. The van der Waals surface area contributed by atoms with E-state index in [1.54, 1.807) is 18.7 Å². The van der Waals surface area contributed by atoms with Crippen LogP contribution in [-0.4, -0.2) is 17.0 Å². The molecule has 4 heteroatoms. The van der Waals surface area contributed by atoms with E-state index in [4.69, 9.17) is 11.6 Å². The summed E-state index contributed by atoms with van der Waals surface area (Å²) >= 11 is 7.65. The first-order valence-electron chi connectivity index (χ1n) is 5.50. The molecule has 0 bridgehead atoms. The first kappa shape index (κ1) is 12.5. The van der Waals surface area contributed by atoms with Crippen LogP contribution < -0.4 is 4.90 Å². The molecule has 0 spiro atoms. The lowest BCUT2D eigenvalue weighted by Crippen LogP contribution is -2.37. The molecule has 1 aromatic carbocycles. The fourth-order valence-corrected chi connectivity index (χ4v) is 3.11. The average Bonchev–Trinajstić information content (AvgIpc) is 2.33. The first-order valence-corrected chi connectivity index (χ1v) is 6.93. The smallest absolute Gasteiger partial charge is 0.224 e. The number of anilines is 1. The Kier molecular flexibility index (Phi) is 4.13. The summed E-state index contributed by atoms with van der Waals surface area (Å²) in [6.07, 6.45) is 5.17. The maximum absolute atomic E-state index is 11.8. The van der Waals surface area contributed by atoms with E-state index < -0.39 is 0 Å². The van der Waals surface area contributed by atoms with Gasteiger partial charge in [-0.3, -0.25) is 9.69 Å². The molecule has 1 aliphatic heterocycles. The molecule has 1 aliphatic rings. The number of hydrogen-bond donors (Lipinski definition) is 0. The third-order valence-corrected chi connectivity index (χ3v) is 4.05. The molecule has 1 aromatic rings. The molecule has 2 rings (SSSR count). The van der Waals surface area contributed by atoms with Crippen molar-refractivity contribution in [2.75, 3.05) is 10.7 Å². The van der Waals surface area contributed by atoms with Gasteiger partial charge in [-0.25, -0.2) is 0 Å². The van der Waals surface area contributed by atoms with Gasteiger partial charge in [-0.2, -0.15) is 0 Å². The van der Waals surface area contributed by atoms with E-state index in [9.17, 15) is 4.79 Å². The van der Waals surface area contributed by atoms with Crippen molar-refractivity contribution >= 4 is 35.0 Å². The van der Waals surface area contributed by atoms with E-state index in [2.05, 4.69) is 12.2 Å². The van der Waals surface area contributed by atoms with Crippen LogP contribution in [0.25, 0.3) is 0 Å². The number of thioether (sulfide) groups is 1. The molecule has 90 valence electrons. The molecule has 1 unspecified atom stereocenters. The van der Waals surface area contributed by atoms with Crippen LogP contribution in [0.2, 0.25) is 5.02 Å². The van der Waals surface area contributed by atoms with Crippen LogP contribution in [-0.2, 0) is 4.79 Å². The van der Waals surface area contributed by atoms with E-state index >= 15 is 0 Å². The molecule has 2 nitrogen and oxygen atoms in total. The number of hydrogen-bond acceptors (Lipinski definition) is 2. The molecule has 0 aromatic heterocycles. The summed E-state index contributed by atoms with van der Waals surface area (Å²) in [5, 5.41) is 0.882. The summed E-state index contributed by atoms with van der Waals surface area (Å²) in [5.74, 6) is 1.03. The normalized spacial score (nSPS) is 19.1. The lowest BCUT2D eigenvalue weighted by molar-refractivity contribution is -0.116. The maximum atomic E-state index is 11.8. The summed E-state index contributed by atoms with van der Waals surface area (Å²) in [5.41, 5.74) is 0.912. The summed E-state index contributed by atoms with van der Waals surface area (Å²) < 4.78 is 0. The molecule has 17 heavy (non-hydrogen) atoms. The van der Waals surface area contributed by atoms with Gasteiger partial charge in [0.25, 0.3) is 0 Å². The molecule has 1 atom stereocenters. The van der Waals surface area contributed by atoms with Gasteiger partial charge < -0.3 is 0 Å². The highest BCUT2D eigenvalue weighted by molar-refractivity contribution is 8.00. The van der Waals surface area contributed by atoms with E-state index in [1.807, 2.05) is 29.2 Å².